The van der Waals surface area contributed by atoms with Gasteiger partial charge in [0.05, 0.1) is 23.8 Å². The minimum Gasteiger partial charge on any atom is -0.490 e. The second kappa shape index (κ2) is 13.7. The molecule has 2 bridgehead atoms. The Kier molecular flexibility index (Phi) is 9.59. The van der Waals surface area contributed by atoms with Crippen LogP contribution in [0.15, 0.2) is 53.4 Å². The van der Waals surface area contributed by atoms with Crippen LogP contribution in [0.3, 0.4) is 0 Å². The summed E-state index contributed by atoms with van der Waals surface area (Å²) in [5, 5.41) is 4.07. The van der Waals surface area contributed by atoms with Crippen molar-refractivity contribution in [3.63, 3.8) is 0 Å². The zero-order valence-electron chi connectivity index (χ0n) is 29.0. The number of ether oxygens (including phenoxy) is 3. The number of anilines is 1. The molecule has 0 radical (unpaired) electrons. The Morgan fingerprint density at radius 1 is 1.12 bits per heavy atom. The summed E-state index contributed by atoms with van der Waals surface area (Å²) in [4.78, 5) is 30.8. The summed E-state index contributed by atoms with van der Waals surface area (Å²) in [6.07, 6.45) is 7.42. The molecule has 7 rings (SSSR count). The van der Waals surface area contributed by atoms with E-state index in [2.05, 4.69) is 27.1 Å². The lowest BCUT2D eigenvalue weighted by Crippen LogP contribution is -2.53. The predicted molar refractivity (Wildman–Crippen MR) is 190 cm³/mol. The molecule has 5 atom stereocenters. The highest BCUT2D eigenvalue weighted by molar-refractivity contribution is 7.90. The molecule has 11 nitrogen and oxygen atoms in total. The van der Waals surface area contributed by atoms with Crippen LogP contribution < -0.4 is 19.7 Å². The first kappa shape index (κ1) is 35.1. The summed E-state index contributed by atoms with van der Waals surface area (Å²) >= 11 is 6.44. The van der Waals surface area contributed by atoms with Gasteiger partial charge >= 0.3 is 6.09 Å². The van der Waals surface area contributed by atoms with Gasteiger partial charge in [-0.3, -0.25) is 4.79 Å². The molecule has 2 aliphatic carbocycles. The number of nitrogens with one attached hydrogen (secondary N) is 2. The Hall–Kier alpha value is -3.32. The lowest BCUT2D eigenvalue weighted by molar-refractivity contribution is -0.139. The van der Waals surface area contributed by atoms with Crippen molar-refractivity contribution in [1.29, 1.82) is 0 Å². The minimum atomic E-state index is -4.24. The van der Waals surface area contributed by atoms with Crippen molar-refractivity contribution in [2.45, 2.75) is 80.9 Å². The van der Waals surface area contributed by atoms with E-state index in [1.807, 2.05) is 19.1 Å². The molecule has 5 aliphatic rings. The Labute approximate surface area is 299 Å². The first-order valence-corrected chi connectivity index (χ1v) is 19.6. The van der Waals surface area contributed by atoms with Crippen molar-refractivity contribution >= 4 is 39.3 Å². The predicted octanol–water partition coefficient (Wildman–Crippen LogP) is 4.81. The third-order valence-electron chi connectivity index (χ3n) is 11.2. The number of rotatable bonds is 1. The summed E-state index contributed by atoms with van der Waals surface area (Å²) < 4.78 is 48.3. The lowest BCUT2D eigenvalue weighted by Gasteiger charge is -2.46. The second-order valence-corrected chi connectivity index (χ2v) is 17.2. The van der Waals surface area contributed by atoms with E-state index in [0.29, 0.717) is 55.8 Å². The third-order valence-corrected chi connectivity index (χ3v) is 12.7. The van der Waals surface area contributed by atoms with Crippen molar-refractivity contribution in [2.24, 2.45) is 11.8 Å². The van der Waals surface area contributed by atoms with Crippen LogP contribution in [-0.4, -0.2) is 89.0 Å². The number of fused-ring (bicyclic) bond motifs is 4. The fraction of sp³-hybridized carbons (Fsp3) is 0.568. The number of halogens is 1. The summed E-state index contributed by atoms with van der Waals surface area (Å²) in [6.45, 7) is 8.64. The third kappa shape index (κ3) is 6.96. The van der Waals surface area contributed by atoms with Crippen molar-refractivity contribution in [3.05, 3.63) is 64.7 Å². The minimum absolute atomic E-state index is 0.0324. The van der Waals surface area contributed by atoms with Gasteiger partial charge in [0, 0.05) is 55.1 Å². The number of aryl methyl sites for hydroxylation is 1. The molecule has 2 N–H and O–H groups in total. The van der Waals surface area contributed by atoms with Crippen LogP contribution in [0, 0.1) is 11.8 Å². The van der Waals surface area contributed by atoms with E-state index in [-0.39, 0.29) is 40.9 Å². The van der Waals surface area contributed by atoms with Crippen LogP contribution in [-0.2, 0) is 36.1 Å². The number of hydrogen-bond donors (Lipinski definition) is 2. The van der Waals surface area contributed by atoms with Crippen molar-refractivity contribution in [2.75, 3.05) is 50.8 Å². The summed E-state index contributed by atoms with van der Waals surface area (Å²) in [6, 6.07) is 11.1. The second-order valence-electron chi connectivity index (χ2n) is 15.1. The van der Waals surface area contributed by atoms with Crippen LogP contribution in [0.2, 0.25) is 5.02 Å². The Bertz CT molecular complexity index is 1780. The Morgan fingerprint density at radius 3 is 2.74 bits per heavy atom. The zero-order valence-corrected chi connectivity index (χ0v) is 30.5. The first-order valence-electron chi connectivity index (χ1n) is 17.7. The molecular formula is C37H47ClN4O7S. The number of amides is 2. The van der Waals surface area contributed by atoms with Gasteiger partial charge in [0.25, 0.3) is 15.9 Å². The van der Waals surface area contributed by atoms with E-state index < -0.39 is 27.6 Å². The molecule has 0 aromatic heterocycles. The molecule has 2 aromatic carbocycles. The molecule has 1 spiro atoms. The summed E-state index contributed by atoms with van der Waals surface area (Å²) in [5.41, 5.74) is 1.27. The molecule has 50 heavy (non-hydrogen) atoms. The van der Waals surface area contributed by atoms with Crippen molar-refractivity contribution < 1.29 is 32.2 Å². The Balaban J connectivity index is 1.27. The quantitative estimate of drug-likeness (QED) is 0.399. The molecule has 2 aromatic rings. The maximum Gasteiger partial charge on any atom is 0.410 e. The maximum absolute atomic E-state index is 13.7. The molecule has 3 aliphatic heterocycles. The average Bonchev–Trinajstić information content (AvgIpc) is 3.21. The number of carbonyl (C=O) groups is 2. The molecule has 3 heterocycles. The molecule has 2 amide bonds. The summed E-state index contributed by atoms with van der Waals surface area (Å²) in [5.74, 6) is -0.00878. The van der Waals surface area contributed by atoms with Gasteiger partial charge in [-0.15, -0.1) is 0 Å². The first-order chi connectivity index (χ1) is 23.8. The van der Waals surface area contributed by atoms with E-state index in [0.717, 1.165) is 32.1 Å². The number of nitrogens with zero attached hydrogens (tertiary/aromatic N) is 2. The van der Waals surface area contributed by atoms with Gasteiger partial charge in [-0.2, -0.15) is 0 Å². The number of sulfonamides is 1. The van der Waals surface area contributed by atoms with Gasteiger partial charge in [-0.25, -0.2) is 17.9 Å². The molecule has 270 valence electrons. The van der Waals surface area contributed by atoms with E-state index >= 15 is 0 Å². The van der Waals surface area contributed by atoms with Crippen LogP contribution in [0.1, 0.15) is 57.6 Å². The van der Waals surface area contributed by atoms with Crippen LogP contribution in [0.25, 0.3) is 0 Å². The van der Waals surface area contributed by atoms with Crippen LogP contribution in [0.5, 0.6) is 5.75 Å². The average molecular weight is 727 g/mol. The van der Waals surface area contributed by atoms with Gasteiger partial charge in [-0.05, 0) is 106 Å². The fourth-order valence-electron chi connectivity index (χ4n) is 8.17. The highest BCUT2D eigenvalue weighted by atomic mass is 35.5. The standard InChI is InChI=1S/C37H47ClN4O7S/c1-24-20-41(16-15-39-24)35(44)49-32-7-5-17-48-36(2,3)34(43)40-50(45,46)28-10-13-33-31(19-28)42(21-26-8-11-29(26)32)22-37(23-47-33)14-4-6-25-18-27(38)9-12-30(25)37/h5,7,9-10,12-13,18-19,24,26,29,32,39H,4,6,8,11,14-17,20-23H2,1-3H3,(H,40,43)/b7-5+/t24-,26+,29-,32+,37+/m1/s1. The van der Waals surface area contributed by atoms with E-state index in [9.17, 15) is 18.0 Å². The normalized spacial score (nSPS) is 31.2. The lowest BCUT2D eigenvalue weighted by atomic mass is 9.68. The van der Waals surface area contributed by atoms with Gasteiger partial charge < -0.3 is 29.3 Å². The van der Waals surface area contributed by atoms with Crippen molar-refractivity contribution in [3.8, 4) is 5.75 Å². The zero-order chi connectivity index (χ0) is 35.3. The van der Waals surface area contributed by atoms with Crippen molar-refractivity contribution in [1.82, 2.24) is 14.9 Å². The topological polar surface area (TPSA) is 127 Å². The summed E-state index contributed by atoms with van der Waals surface area (Å²) in [7, 11) is -4.24. The van der Waals surface area contributed by atoms with E-state index in [4.69, 9.17) is 25.8 Å². The van der Waals surface area contributed by atoms with Gasteiger partial charge in [0.1, 0.15) is 17.5 Å². The van der Waals surface area contributed by atoms with Gasteiger partial charge in [0.15, 0.2) is 0 Å². The fourth-order valence-corrected chi connectivity index (χ4v) is 9.49. The molecule has 1 saturated carbocycles. The highest BCUT2D eigenvalue weighted by Gasteiger charge is 2.45. The number of benzene rings is 2. The monoisotopic (exact) mass is 726 g/mol. The molecule has 1 saturated heterocycles. The number of piperazine rings is 1. The molecule has 0 unspecified atom stereocenters. The number of hydrogen-bond acceptors (Lipinski definition) is 9. The number of carbonyl (C=O) groups excluding carboxylic acids is 2. The van der Waals surface area contributed by atoms with E-state index in [1.165, 1.54) is 31.0 Å². The van der Waals surface area contributed by atoms with Crippen LogP contribution >= 0.6 is 11.6 Å². The SMILES string of the molecule is C[C@@H]1CN(C(=O)O[C@H]2/C=C/COC(C)(C)C(=O)NS(=O)(=O)c3ccc4c(c3)N(C[C@@H]3CC[C@H]32)C[C@@]2(CCCc3cc(Cl)ccc32)CO4)CCN1. The van der Waals surface area contributed by atoms with E-state index in [1.54, 1.807) is 23.1 Å². The largest absolute Gasteiger partial charge is 0.490 e. The molecule has 2 fully saturated rings. The molecular weight excluding hydrogens is 680 g/mol. The smallest absolute Gasteiger partial charge is 0.410 e. The van der Waals surface area contributed by atoms with Gasteiger partial charge in [0.2, 0.25) is 0 Å². The van der Waals surface area contributed by atoms with Gasteiger partial charge in [-0.1, -0.05) is 23.7 Å². The maximum atomic E-state index is 13.7. The molecule has 13 heteroatoms. The Morgan fingerprint density at radius 2 is 1.96 bits per heavy atom. The highest BCUT2D eigenvalue weighted by Crippen LogP contribution is 2.47. The van der Waals surface area contributed by atoms with Crippen LogP contribution in [0.4, 0.5) is 10.5 Å².